The third kappa shape index (κ3) is 4.74. The Morgan fingerprint density at radius 1 is 0.974 bits per heavy atom. The van der Waals surface area contributed by atoms with Crippen LogP contribution in [0.15, 0.2) is 78.9 Å². The number of anilines is 1. The molecule has 5 rings (SSSR count). The second-order valence-electron chi connectivity index (χ2n) is 9.69. The van der Waals surface area contributed by atoms with Gasteiger partial charge in [-0.25, -0.2) is 0 Å². The molecule has 39 heavy (non-hydrogen) atoms. The standard InChI is InChI=1S/C31H32N4O4/c1-5-21-10-6-8-12-26(21)35-29(36)27-18-25(22-14-16-24(38-3)17-15-22)33-34(27)20-31(35,2)30(37)32-19-23-11-7-9-13-28(23)39-4/h6-18H,5,19-20H2,1-4H3,(H,32,37)/t31-/m0/s1. The summed E-state index contributed by atoms with van der Waals surface area (Å²) in [6.45, 7) is 4.30. The predicted molar refractivity (Wildman–Crippen MR) is 150 cm³/mol. The zero-order valence-electron chi connectivity index (χ0n) is 22.6. The van der Waals surface area contributed by atoms with Crippen LogP contribution in [0.2, 0.25) is 0 Å². The Kier molecular flexibility index (Phi) is 7.11. The maximum atomic E-state index is 14.2. The molecule has 0 aliphatic carbocycles. The number of hydrogen-bond donors (Lipinski definition) is 1. The van der Waals surface area contributed by atoms with Crippen LogP contribution in [-0.4, -0.2) is 41.4 Å². The summed E-state index contributed by atoms with van der Waals surface area (Å²) in [5.74, 6) is 0.874. The van der Waals surface area contributed by atoms with E-state index >= 15 is 0 Å². The molecule has 0 saturated carbocycles. The average Bonchev–Trinajstić information content (AvgIpc) is 3.40. The second kappa shape index (κ2) is 10.6. The van der Waals surface area contributed by atoms with Gasteiger partial charge in [0.2, 0.25) is 5.91 Å². The number of nitrogens with zero attached hydrogens (tertiary/aromatic N) is 3. The largest absolute Gasteiger partial charge is 0.497 e. The molecule has 3 aromatic carbocycles. The van der Waals surface area contributed by atoms with E-state index in [1.165, 1.54) is 0 Å². The highest BCUT2D eigenvalue weighted by molar-refractivity contribution is 6.12. The minimum atomic E-state index is -1.24. The van der Waals surface area contributed by atoms with Crippen LogP contribution in [0.3, 0.4) is 0 Å². The molecule has 8 nitrogen and oxygen atoms in total. The molecule has 200 valence electrons. The van der Waals surface area contributed by atoms with Crippen LogP contribution >= 0.6 is 0 Å². The quantitative estimate of drug-likeness (QED) is 0.356. The van der Waals surface area contributed by atoms with Gasteiger partial charge < -0.3 is 14.8 Å². The van der Waals surface area contributed by atoms with Crippen LogP contribution in [0, 0.1) is 0 Å². The minimum absolute atomic E-state index is 0.194. The summed E-state index contributed by atoms with van der Waals surface area (Å²) < 4.78 is 12.4. The fraction of sp³-hybridized carbons (Fsp3) is 0.258. The summed E-state index contributed by atoms with van der Waals surface area (Å²) in [6.07, 6.45) is 0.717. The van der Waals surface area contributed by atoms with E-state index in [9.17, 15) is 9.59 Å². The lowest BCUT2D eigenvalue weighted by atomic mass is 9.92. The first-order valence-electron chi connectivity index (χ1n) is 12.9. The summed E-state index contributed by atoms with van der Waals surface area (Å²) in [5, 5.41) is 7.81. The number of nitrogens with one attached hydrogen (secondary N) is 1. The van der Waals surface area contributed by atoms with Gasteiger partial charge in [-0.3, -0.25) is 19.2 Å². The molecule has 0 fully saturated rings. The molecule has 1 aromatic heterocycles. The van der Waals surface area contributed by atoms with Gasteiger partial charge in [-0.1, -0.05) is 43.3 Å². The third-order valence-electron chi connectivity index (χ3n) is 7.27. The van der Waals surface area contributed by atoms with Crippen LogP contribution in [-0.2, 0) is 24.3 Å². The van der Waals surface area contributed by atoms with Crippen molar-refractivity contribution in [3.8, 4) is 22.8 Å². The molecule has 1 aliphatic rings. The fourth-order valence-electron chi connectivity index (χ4n) is 5.10. The van der Waals surface area contributed by atoms with E-state index in [2.05, 4.69) is 5.32 Å². The Morgan fingerprint density at radius 2 is 1.67 bits per heavy atom. The number of para-hydroxylation sites is 2. The van der Waals surface area contributed by atoms with Crippen LogP contribution in [0.25, 0.3) is 11.3 Å². The number of amides is 2. The summed E-state index contributed by atoms with van der Waals surface area (Å²) in [4.78, 5) is 29.8. The van der Waals surface area contributed by atoms with Crippen LogP contribution in [0.4, 0.5) is 5.69 Å². The van der Waals surface area contributed by atoms with Gasteiger partial charge in [0.15, 0.2) is 0 Å². The van der Waals surface area contributed by atoms with E-state index in [1.54, 1.807) is 36.8 Å². The van der Waals surface area contributed by atoms with E-state index in [4.69, 9.17) is 14.6 Å². The highest BCUT2D eigenvalue weighted by Crippen LogP contribution is 2.36. The van der Waals surface area contributed by atoms with Gasteiger partial charge in [-0.15, -0.1) is 0 Å². The molecular formula is C31H32N4O4. The Morgan fingerprint density at radius 3 is 2.36 bits per heavy atom. The molecule has 8 heteroatoms. The van der Waals surface area contributed by atoms with E-state index in [0.29, 0.717) is 17.1 Å². The number of aryl methyl sites for hydroxylation is 1. The van der Waals surface area contributed by atoms with E-state index in [-0.39, 0.29) is 24.9 Å². The highest BCUT2D eigenvalue weighted by atomic mass is 16.5. The lowest BCUT2D eigenvalue weighted by Gasteiger charge is -2.43. The molecule has 2 heterocycles. The number of carbonyl (C=O) groups excluding carboxylic acids is 2. The maximum Gasteiger partial charge on any atom is 0.277 e. The molecule has 1 N–H and O–H groups in total. The van der Waals surface area contributed by atoms with Crippen LogP contribution < -0.4 is 19.7 Å². The third-order valence-corrected chi connectivity index (χ3v) is 7.27. The van der Waals surface area contributed by atoms with Crippen molar-refractivity contribution in [3.05, 3.63) is 95.7 Å². The molecule has 2 amide bonds. The van der Waals surface area contributed by atoms with Crippen LogP contribution in [0.5, 0.6) is 11.5 Å². The summed E-state index contributed by atoms with van der Waals surface area (Å²) in [7, 11) is 3.22. The van der Waals surface area contributed by atoms with E-state index < -0.39 is 5.54 Å². The molecule has 1 atom stereocenters. The first-order chi connectivity index (χ1) is 18.9. The topological polar surface area (TPSA) is 85.7 Å². The summed E-state index contributed by atoms with van der Waals surface area (Å²) in [6, 6.07) is 24.6. The van der Waals surface area contributed by atoms with E-state index in [0.717, 1.165) is 34.5 Å². The number of fused-ring (bicyclic) bond motifs is 1. The number of hydrogen-bond acceptors (Lipinski definition) is 5. The van der Waals surface area contributed by atoms with Gasteiger partial charge in [-0.2, -0.15) is 5.10 Å². The van der Waals surface area contributed by atoms with Gasteiger partial charge in [-0.05, 0) is 61.4 Å². The number of ether oxygens (including phenoxy) is 2. The van der Waals surface area contributed by atoms with Crippen LogP contribution in [0.1, 0.15) is 35.5 Å². The highest BCUT2D eigenvalue weighted by Gasteiger charge is 2.49. The number of methoxy groups -OCH3 is 2. The smallest absolute Gasteiger partial charge is 0.277 e. The predicted octanol–water partition coefficient (Wildman–Crippen LogP) is 4.87. The maximum absolute atomic E-state index is 14.2. The van der Waals surface area contributed by atoms with Gasteiger partial charge in [0, 0.05) is 23.4 Å². The van der Waals surface area contributed by atoms with Crippen molar-refractivity contribution in [2.75, 3.05) is 19.1 Å². The first-order valence-corrected chi connectivity index (χ1v) is 12.9. The normalized spacial score (nSPS) is 16.5. The Hall–Kier alpha value is -4.59. The molecule has 0 radical (unpaired) electrons. The van der Waals surface area contributed by atoms with Crippen molar-refractivity contribution in [3.63, 3.8) is 0 Å². The minimum Gasteiger partial charge on any atom is -0.497 e. The summed E-state index contributed by atoms with van der Waals surface area (Å²) in [5.41, 5.74) is 3.26. The lowest BCUT2D eigenvalue weighted by Crippen LogP contribution is -2.64. The van der Waals surface area contributed by atoms with Crippen molar-refractivity contribution in [1.82, 2.24) is 15.1 Å². The van der Waals surface area contributed by atoms with Gasteiger partial charge in [0.05, 0.1) is 26.5 Å². The molecule has 0 unspecified atom stereocenters. The van der Waals surface area contributed by atoms with E-state index in [1.807, 2.05) is 79.7 Å². The number of rotatable bonds is 8. The number of aromatic nitrogens is 2. The molecule has 0 bridgehead atoms. The average molecular weight is 525 g/mol. The Labute approximate surface area is 228 Å². The second-order valence-corrected chi connectivity index (χ2v) is 9.69. The van der Waals surface area contributed by atoms with Gasteiger partial charge in [0.25, 0.3) is 5.91 Å². The van der Waals surface area contributed by atoms with Crippen molar-refractivity contribution >= 4 is 17.5 Å². The van der Waals surface area contributed by atoms with Gasteiger partial charge >= 0.3 is 0 Å². The van der Waals surface area contributed by atoms with Gasteiger partial charge in [0.1, 0.15) is 22.7 Å². The number of carbonyl (C=O) groups is 2. The van der Waals surface area contributed by atoms with Crippen molar-refractivity contribution in [2.45, 2.75) is 38.9 Å². The molecular weight excluding hydrogens is 492 g/mol. The Balaban J connectivity index is 1.55. The zero-order chi connectivity index (χ0) is 27.6. The Bertz CT molecular complexity index is 1510. The molecule has 4 aromatic rings. The van der Waals surface area contributed by atoms with Crippen molar-refractivity contribution in [2.24, 2.45) is 0 Å². The molecule has 0 saturated heterocycles. The monoisotopic (exact) mass is 524 g/mol. The number of benzene rings is 3. The first kappa shape index (κ1) is 26.0. The lowest BCUT2D eigenvalue weighted by molar-refractivity contribution is -0.126. The fourth-order valence-corrected chi connectivity index (χ4v) is 5.10. The van der Waals surface area contributed by atoms with Crippen molar-refractivity contribution in [1.29, 1.82) is 0 Å². The zero-order valence-corrected chi connectivity index (χ0v) is 22.6. The molecule has 1 aliphatic heterocycles. The molecule has 0 spiro atoms. The summed E-state index contributed by atoms with van der Waals surface area (Å²) >= 11 is 0. The van der Waals surface area contributed by atoms with Crippen molar-refractivity contribution < 1.29 is 19.1 Å². The SMILES string of the molecule is CCc1ccccc1N1C(=O)c2cc(-c3ccc(OC)cc3)nn2C[C@@]1(C)C(=O)NCc1ccccc1OC.